The van der Waals surface area contributed by atoms with E-state index in [0.29, 0.717) is 27.6 Å². The molecule has 114 valence electrons. The minimum absolute atomic E-state index is 0.0495. The molecule has 0 saturated heterocycles. The van der Waals surface area contributed by atoms with Crippen molar-refractivity contribution in [2.24, 2.45) is 0 Å². The summed E-state index contributed by atoms with van der Waals surface area (Å²) in [6.07, 6.45) is 0. The maximum Gasteiger partial charge on any atom is 0.274 e. The highest BCUT2D eigenvalue weighted by Crippen LogP contribution is 2.26. The van der Waals surface area contributed by atoms with Crippen LogP contribution in [0.1, 0.15) is 15.9 Å². The lowest BCUT2D eigenvalue weighted by atomic mass is 10.1. The molecule has 7 heteroatoms. The van der Waals surface area contributed by atoms with E-state index < -0.39 is 10.8 Å². The van der Waals surface area contributed by atoms with E-state index in [1.54, 1.807) is 31.2 Å². The van der Waals surface area contributed by atoms with Crippen molar-refractivity contribution in [3.63, 3.8) is 0 Å². The van der Waals surface area contributed by atoms with Crippen molar-refractivity contribution in [2.75, 3.05) is 12.4 Å². The van der Waals surface area contributed by atoms with Gasteiger partial charge in [-0.1, -0.05) is 17.7 Å². The smallest absolute Gasteiger partial charge is 0.274 e. The summed E-state index contributed by atoms with van der Waals surface area (Å²) in [7, 11) is 1.45. The minimum Gasteiger partial charge on any atom is -0.495 e. The van der Waals surface area contributed by atoms with Gasteiger partial charge in [-0.25, -0.2) is 0 Å². The summed E-state index contributed by atoms with van der Waals surface area (Å²) in [5.74, 6) is -0.0303. The van der Waals surface area contributed by atoms with Crippen LogP contribution in [-0.4, -0.2) is 17.9 Å². The molecule has 0 saturated carbocycles. The van der Waals surface area contributed by atoms with Gasteiger partial charge >= 0.3 is 0 Å². The SMILES string of the molecule is COc1cc(C(=O)Nc2ccc(C)c([N+](=O)[O-])c2)ccc1Cl. The fourth-order valence-corrected chi connectivity index (χ4v) is 2.08. The number of anilines is 1. The van der Waals surface area contributed by atoms with E-state index in [0.717, 1.165) is 0 Å². The number of aryl methyl sites for hydroxylation is 1. The zero-order chi connectivity index (χ0) is 16.3. The van der Waals surface area contributed by atoms with E-state index in [1.165, 1.54) is 19.2 Å². The zero-order valence-electron chi connectivity index (χ0n) is 11.9. The zero-order valence-corrected chi connectivity index (χ0v) is 12.7. The first-order valence-corrected chi connectivity index (χ1v) is 6.70. The van der Waals surface area contributed by atoms with Gasteiger partial charge in [0.05, 0.1) is 17.1 Å². The van der Waals surface area contributed by atoms with E-state index in [4.69, 9.17) is 16.3 Å². The molecule has 0 aromatic heterocycles. The van der Waals surface area contributed by atoms with Gasteiger partial charge in [0.25, 0.3) is 11.6 Å². The highest BCUT2D eigenvalue weighted by atomic mass is 35.5. The van der Waals surface area contributed by atoms with Crippen LogP contribution in [0, 0.1) is 17.0 Å². The number of nitrogens with zero attached hydrogens (tertiary/aromatic N) is 1. The van der Waals surface area contributed by atoms with E-state index in [1.807, 2.05) is 0 Å². The lowest BCUT2D eigenvalue weighted by molar-refractivity contribution is -0.385. The second-order valence-electron chi connectivity index (χ2n) is 4.56. The number of carbonyl (C=O) groups excluding carboxylic acids is 1. The monoisotopic (exact) mass is 320 g/mol. The van der Waals surface area contributed by atoms with Crippen LogP contribution in [0.2, 0.25) is 5.02 Å². The normalized spacial score (nSPS) is 10.1. The van der Waals surface area contributed by atoms with Crippen molar-refractivity contribution in [1.82, 2.24) is 0 Å². The van der Waals surface area contributed by atoms with E-state index in [9.17, 15) is 14.9 Å². The maximum absolute atomic E-state index is 12.2. The van der Waals surface area contributed by atoms with Gasteiger partial charge in [0.2, 0.25) is 0 Å². The fraction of sp³-hybridized carbons (Fsp3) is 0.133. The molecular formula is C15H13ClN2O4. The molecule has 1 amide bonds. The number of ether oxygens (including phenoxy) is 1. The molecule has 6 nitrogen and oxygen atoms in total. The number of halogens is 1. The average molecular weight is 321 g/mol. The molecule has 2 aromatic carbocycles. The first kappa shape index (κ1) is 15.8. The number of methoxy groups -OCH3 is 1. The van der Waals surface area contributed by atoms with E-state index in [-0.39, 0.29) is 5.69 Å². The van der Waals surface area contributed by atoms with Crippen LogP contribution in [-0.2, 0) is 0 Å². The summed E-state index contributed by atoms with van der Waals surface area (Å²) in [5.41, 5.74) is 1.16. The number of nitrogens with one attached hydrogen (secondary N) is 1. The number of rotatable bonds is 4. The van der Waals surface area contributed by atoms with Gasteiger partial charge in [-0.15, -0.1) is 0 Å². The third kappa shape index (κ3) is 3.35. The highest BCUT2D eigenvalue weighted by Gasteiger charge is 2.14. The largest absolute Gasteiger partial charge is 0.495 e. The third-order valence-corrected chi connectivity index (χ3v) is 3.39. The molecule has 2 rings (SSSR count). The second-order valence-corrected chi connectivity index (χ2v) is 4.97. The van der Waals surface area contributed by atoms with Crippen molar-refractivity contribution in [3.05, 3.63) is 62.7 Å². The molecule has 0 fully saturated rings. The Balaban J connectivity index is 2.25. The number of hydrogen-bond acceptors (Lipinski definition) is 4. The molecule has 0 heterocycles. The summed E-state index contributed by atoms with van der Waals surface area (Å²) >= 11 is 5.90. The molecule has 0 atom stereocenters. The number of nitro groups is 1. The molecule has 0 aliphatic heterocycles. The topological polar surface area (TPSA) is 81.5 Å². The quantitative estimate of drug-likeness (QED) is 0.686. The van der Waals surface area contributed by atoms with Gasteiger partial charge in [0.15, 0.2) is 0 Å². The van der Waals surface area contributed by atoms with Crippen LogP contribution in [0.25, 0.3) is 0 Å². The van der Waals surface area contributed by atoms with Crippen LogP contribution < -0.4 is 10.1 Å². The van der Waals surface area contributed by atoms with Crippen molar-refractivity contribution in [1.29, 1.82) is 0 Å². The van der Waals surface area contributed by atoms with Gasteiger partial charge < -0.3 is 10.1 Å². The van der Waals surface area contributed by atoms with Crippen LogP contribution in [0.5, 0.6) is 5.75 Å². The Morgan fingerprint density at radius 2 is 2.00 bits per heavy atom. The molecule has 0 bridgehead atoms. The van der Waals surface area contributed by atoms with Crippen LogP contribution in [0.3, 0.4) is 0 Å². The van der Waals surface area contributed by atoms with Crippen molar-refractivity contribution in [3.8, 4) is 5.75 Å². The first-order chi connectivity index (χ1) is 10.4. The van der Waals surface area contributed by atoms with Gasteiger partial charge in [-0.3, -0.25) is 14.9 Å². The standard InChI is InChI=1S/C15H13ClN2O4/c1-9-3-5-11(8-13(9)18(20)21)17-15(19)10-4-6-12(16)14(7-10)22-2/h3-8H,1-2H3,(H,17,19). The first-order valence-electron chi connectivity index (χ1n) is 6.32. The highest BCUT2D eigenvalue weighted by molar-refractivity contribution is 6.32. The van der Waals surface area contributed by atoms with Crippen LogP contribution >= 0.6 is 11.6 Å². The summed E-state index contributed by atoms with van der Waals surface area (Å²) in [4.78, 5) is 22.6. The Morgan fingerprint density at radius 1 is 1.27 bits per heavy atom. The Bertz CT molecular complexity index is 746. The van der Waals surface area contributed by atoms with Crippen molar-refractivity contribution < 1.29 is 14.5 Å². The average Bonchev–Trinajstić information content (AvgIpc) is 2.49. The van der Waals surface area contributed by atoms with Crippen molar-refractivity contribution in [2.45, 2.75) is 6.92 Å². The predicted octanol–water partition coefficient (Wildman–Crippen LogP) is 3.82. The molecular weight excluding hydrogens is 308 g/mol. The van der Waals surface area contributed by atoms with Crippen molar-refractivity contribution >= 4 is 28.9 Å². The Hall–Kier alpha value is -2.60. The van der Waals surface area contributed by atoms with Crippen LogP contribution in [0.4, 0.5) is 11.4 Å². The molecule has 0 unspecified atom stereocenters. The molecule has 0 spiro atoms. The lowest BCUT2D eigenvalue weighted by Gasteiger charge is -2.08. The predicted molar refractivity (Wildman–Crippen MR) is 83.8 cm³/mol. The lowest BCUT2D eigenvalue weighted by Crippen LogP contribution is -2.12. The second kappa shape index (κ2) is 6.44. The fourth-order valence-electron chi connectivity index (χ4n) is 1.89. The number of amides is 1. The molecule has 2 aromatic rings. The molecule has 1 N–H and O–H groups in total. The minimum atomic E-state index is -0.490. The van der Waals surface area contributed by atoms with Crippen LogP contribution in [0.15, 0.2) is 36.4 Å². The number of nitro benzene ring substituents is 1. The molecule has 0 radical (unpaired) electrons. The Morgan fingerprint density at radius 3 is 2.64 bits per heavy atom. The van der Waals surface area contributed by atoms with Gasteiger partial charge in [-0.05, 0) is 31.2 Å². The number of hydrogen-bond donors (Lipinski definition) is 1. The third-order valence-electron chi connectivity index (χ3n) is 3.08. The summed E-state index contributed by atoms with van der Waals surface area (Å²) < 4.78 is 5.05. The molecule has 22 heavy (non-hydrogen) atoms. The molecule has 0 aliphatic carbocycles. The summed E-state index contributed by atoms with van der Waals surface area (Å²) in [6, 6.07) is 9.10. The summed E-state index contributed by atoms with van der Waals surface area (Å²) in [6.45, 7) is 1.63. The summed E-state index contributed by atoms with van der Waals surface area (Å²) in [5, 5.41) is 13.9. The Kier molecular flexibility index (Phi) is 4.62. The van der Waals surface area contributed by atoms with E-state index >= 15 is 0 Å². The number of benzene rings is 2. The maximum atomic E-state index is 12.2. The number of carbonyl (C=O) groups is 1. The van der Waals surface area contributed by atoms with Gasteiger partial charge in [-0.2, -0.15) is 0 Å². The van der Waals surface area contributed by atoms with Gasteiger partial charge in [0, 0.05) is 22.9 Å². The van der Waals surface area contributed by atoms with Gasteiger partial charge in [0.1, 0.15) is 5.75 Å². The Labute approximate surface area is 131 Å². The van der Waals surface area contributed by atoms with E-state index in [2.05, 4.69) is 5.32 Å². The molecule has 0 aliphatic rings.